The number of hydrogen-bond acceptors (Lipinski definition) is 8. The lowest BCUT2D eigenvalue weighted by atomic mass is 9.92. The summed E-state index contributed by atoms with van der Waals surface area (Å²) >= 11 is 0. The monoisotopic (exact) mass is 586 g/mol. The first-order valence-electron chi connectivity index (χ1n) is 15.6. The SMILES string of the molecule is CCc1c(F)ccc2cc(O)cc(-c3ncc4c(N5CC6CCC5CN6)nc(OCC56CCCN5CCC6)nc4c3F)c12. The topological polar surface area (TPSA) is 86.6 Å². The molecular weight excluding hydrogens is 550 g/mol. The number of hydrogen-bond donors (Lipinski definition) is 2. The van der Waals surface area contributed by atoms with Gasteiger partial charge in [-0.2, -0.15) is 9.97 Å². The molecule has 5 saturated heterocycles. The molecule has 8 nitrogen and oxygen atoms in total. The molecule has 43 heavy (non-hydrogen) atoms. The first-order chi connectivity index (χ1) is 20.9. The molecule has 0 radical (unpaired) electrons. The van der Waals surface area contributed by atoms with E-state index in [0.717, 1.165) is 64.7 Å². The lowest BCUT2D eigenvalue weighted by molar-refractivity contribution is 0.107. The average molecular weight is 587 g/mol. The predicted octanol–water partition coefficient (Wildman–Crippen LogP) is 5.34. The van der Waals surface area contributed by atoms with Crippen molar-refractivity contribution in [3.63, 3.8) is 0 Å². The van der Waals surface area contributed by atoms with Crippen molar-refractivity contribution in [2.45, 2.75) is 69.5 Å². The summed E-state index contributed by atoms with van der Waals surface area (Å²) in [6, 6.07) is 6.77. The van der Waals surface area contributed by atoms with Crippen molar-refractivity contribution in [3.8, 4) is 23.0 Å². The smallest absolute Gasteiger partial charge is 0.319 e. The van der Waals surface area contributed by atoms with E-state index in [1.54, 1.807) is 18.3 Å². The maximum Gasteiger partial charge on any atom is 0.319 e. The Morgan fingerprint density at radius 3 is 2.67 bits per heavy atom. The third-order valence-electron chi connectivity index (χ3n) is 10.3. The molecular formula is C33H36F2N6O2. The number of nitrogens with one attached hydrogen (secondary N) is 1. The fourth-order valence-corrected chi connectivity index (χ4v) is 8.15. The molecule has 5 aliphatic rings. The minimum atomic E-state index is -0.633. The van der Waals surface area contributed by atoms with Crippen LogP contribution in [0.15, 0.2) is 30.5 Å². The normalized spacial score (nSPS) is 23.0. The van der Waals surface area contributed by atoms with E-state index in [0.29, 0.717) is 52.2 Å². The van der Waals surface area contributed by atoms with Crippen molar-refractivity contribution >= 4 is 27.5 Å². The highest BCUT2D eigenvalue weighted by Crippen LogP contribution is 2.42. The lowest BCUT2D eigenvalue weighted by Gasteiger charge is -2.46. The number of phenols is 1. The number of halogens is 2. The van der Waals surface area contributed by atoms with Gasteiger partial charge in [0, 0.05) is 36.9 Å². The van der Waals surface area contributed by atoms with Crippen LogP contribution in [-0.4, -0.2) is 75.4 Å². The molecule has 2 bridgehead atoms. The minimum Gasteiger partial charge on any atom is -0.508 e. The fourth-order valence-electron chi connectivity index (χ4n) is 8.15. The van der Waals surface area contributed by atoms with E-state index in [-0.39, 0.29) is 40.4 Å². The highest BCUT2D eigenvalue weighted by Gasteiger charge is 2.45. The summed E-state index contributed by atoms with van der Waals surface area (Å²) in [5.74, 6) is -0.406. The number of aromatic nitrogens is 3. The van der Waals surface area contributed by atoms with Gasteiger partial charge in [0.05, 0.1) is 10.9 Å². The van der Waals surface area contributed by atoms with E-state index in [4.69, 9.17) is 9.72 Å². The van der Waals surface area contributed by atoms with Crippen LogP contribution in [0.2, 0.25) is 0 Å². The van der Waals surface area contributed by atoms with Gasteiger partial charge >= 0.3 is 6.01 Å². The quantitative estimate of drug-likeness (QED) is 0.313. The Labute approximate surface area is 249 Å². The Kier molecular flexibility index (Phi) is 6.41. The van der Waals surface area contributed by atoms with Crippen LogP contribution in [0, 0.1) is 11.6 Å². The molecule has 5 aliphatic heterocycles. The van der Waals surface area contributed by atoms with Gasteiger partial charge < -0.3 is 20.1 Å². The molecule has 2 aromatic heterocycles. The van der Waals surface area contributed by atoms with Crippen molar-refractivity contribution in [1.82, 2.24) is 25.2 Å². The van der Waals surface area contributed by atoms with Gasteiger partial charge in [0.25, 0.3) is 0 Å². The minimum absolute atomic E-state index is 0.00432. The molecule has 9 rings (SSSR count). The second-order valence-corrected chi connectivity index (χ2v) is 12.7. The molecule has 2 N–H and O–H groups in total. The van der Waals surface area contributed by atoms with Crippen LogP contribution < -0.4 is 15.0 Å². The molecule has 0 amide bonds. The number of benzene rings is 2. The molecule has 4 aromatic rings. The molecule has 10 heteroatoms. The van der Waals surface area contributed by atoms with Crippen molar-refractivity contribution < 1.29 is 18.6 Å². The Balaban J connectivity index is 1.29. The first-order valence-corrected chi connectivity index (χ1v) is 15.6. The summed E-state index contributed by atoms with van der Waals surface area (Å²) in [6.07, 6.45) is 8.63. The fraction of sp³-hybridized carbons (Fsp3) is 0.485. The summed E-state index contributed by atoms with van der Waals surface area (Å²) in [6.45, 7) is 6.12. The van der Waals surface area contributed by atoms with Gasteiger partial charge in [-0.05, 0) is 92.6 Å². The van der Waals surface area contributed by atoms with Crippen LogP contribution in [-0.2, 0) is 6.42 Å². The van der Waals surface area contributed by atoms with Crippen LogP contribution in [0.5, 0.6) is 11.8 Å². The lowest BCUT2D eigenvalue weighted by Crippen LogP contribution is -2.61. The maximum absolute atomic E-state index is 16.8. The van der Waals surface area contributed by atoms with E-state index in [2.05, 4.69) is 25.1 Å². The van der Waals surface area contributed by atoms with Crippen LogP contribution in [0.25, 0.3) is 32.9 Å². The Morgan fingerprint density at radius 1 is 1.12 bits per heavy atom. The molecule has 2 unspecified atom stereocenters. The molecule has 224 valence electrons. The molecule has 5 fully saturated rings. The average Bonchev–Trinajstić information content (AvgIpc) is 3.61. The predicted molar refractivity (Wildman–Crippen MR) is 162 cm³/mol. The Hall–Kier alpha value is -3.63. The van der Waals surface area contributed by atoms with Crippen molar-refractivity contribution in [2.24, 2.45) is 0 Å². The number of aromatic hydroxyl groups is 1. The zero-order chi connectivity index (χ0) is 29.3. The van der Waals surface area contributed by atoms with Gasteiger partial charge in [0.15, 0.2) is 5.82 Å². The maximum atomic E-state index is 16.8. The number of fused-ring (bicyclic) bond motifs is 6. The van der Waals surface area contributed by atoms with Gasteiger partial charge in [-0.3, -0.25) is 9.88 Å². The van der Waals surface area contributed by atoms with E-state index < -0.39 is 5.82 Å². The number of piperazine rings is 1. The summed E-state index contributed by atoms with van der Waals surface area (Å²) < 4.78 is 38.1. The largest absolute Gasteiger partial charge is 0.508 e. The number of aryl methyl sites for hydroxylation is 1. The van der Waals surface area contributed by atoms with Gasteiger partial charge in [-0.15, -0.1) is 0 Å². The van der Waals surface area contributed by atoms with Gasteiger partial charge in [0.2, 0.25) is 0 Å². The summed E-state index contributed by atoms with van der Waals surface area (Å²) in [4.78, 5) is 18.9. The van der Waals surface area contributed by atoms with E-state index >= 15 is 4.39 Å². The van der Waals surface area contributed by atoms with Crippen LogP contribution >= 0.6 is 0 Å². The van der Waals surface area contributed by atoms with Crippen LogP contribution in [0.3, 0.4) is 0 Å². The first kappa shape index (κ1) is 27.0. The second kappa shape index (κ2) is 10.2. The number of ether oxygens (including phenoxy) is 1. The summed E-state index contributed by atoms with van der Waals surface area (Å²) in [7, 11) is 0. The van der Waals surface area contributed by atoms with Crippen molar-refractivity contribution in [1.29, 1.82) is 0 Å². The molecule has 2 atom stereocenters. The van der Waals surface area contributed by atoms with Gasteiger partial charge in [-0.25, -0.2) is 8.78 Å². The Morgan fingerprint density at radius 2 is 1.95 bits per heavy atom. The van der Waals surface area contributed by atoms with Crippen molar-refractivity contribution in [2.75, 3.05) is 37.7 Å². The summed E-state index contributed by atoms with van der Waals surface area (Å²) in [5.41, 5.74) is 0.923. The summed E-state index contributed by atoms with van der Waals surface area (Å²) in [5, 5.41) is 15.8. The second-order valence-electron chi connectivity index (χ2n) is 12.7. The van der Waals surface area contributed by atoms with E-state index in [1.165, 1.54) is 12.1 Å². The highest BCUT2D eigenvalue weighted by atomic mass is 19.1. The number of pyridine rings is 1. The zero-order valence-corrected chi connectivity index (χ0v) is 24.4. The van der Waals surface area contributed by atoms with E-state index in [9.17, 15) is 9.50 Å². The number of piperidine rings is 2. The molecule has 0 saturated carbocycles. The van der Waals surface area contributed by atoms with Gasteiger partial charge in [0.1, 0.15) is 35.2 Å². The standard InChI is InChI=1S/C33H36F2N6O2/c1-2-23-26(34)8-5-19-13-22(42)14-24(27(19)23)29-28(35)30-25(16-37-29)31(41-17-20-6-7-21(41)15-36-20)39-32(38-30)43-18-33-9-3-11-40(33)12-4-10-33/h5,8,13-14,16,20-21,36,42H,2-4,6-7,9-12,15,17-18H2,1H3. The number of phenolic OH excluding ortho intramolecular Hbond substituents is 1. The van der Waals surface area contributed by atoms with Gasteiger partial charge in [-0.1, -0.05) is 13.0 Å². The number of rotatable bonds is 6. The third kappa shape index (κ3) is 4.32. The number of anilines is 1. The molecule has 7 heterocycles. The Bertz CT molecular complexity index is 1730. The molecule has 2 aromatic carbocycles. The van der Waals surface area contributed by atoms with Crippen LogP contribution in [0.4, 0.5) is 14.6 Å². The zero-order valence-electron chi connectivity index (χ0n) is 24.4. The van der Waals surface area contributed by atoms with Crippen LogP contribution in [0.1, 0.15) is 51.0 Å². The number of nitrogens with zero attached hydrogens (tertiary/aromatic N) is 5. The molecule has 0 aliphatic carbocycles. The third-order valence-corrected chi connectivity index (χ3v) is 10.3. The van der Waals surface area contributed by atoms with E-state index in [1.807, 2.05) is 6.92 Å². The van der Waals surface area contributed by atoms with Crippen molar-refractivity contribution in [3.05, 3.63) is 47.7 Å². The molecule has 0 spiro atoms. The highest BCUT2D eigenvalue weighted by molar-refractivity contribution is 6.01.